The van der Waals surface area contributed by atoms with E-state index < -0.39 is 0 Å². The largest absolute Gasteiger partial charge is 0.382 e. The molecule has 0 saturated carbocycles. The molecule has 0 spiro atoms. The Hall–Kier alpha value is -1.36. The molecular weight excluding hydrogens is 190 g/mol. The first-order valence-electron chi connectivity index (χ1n) is 5.14. The van der Waals surface area contributed by atoms with Gasteiger partial charge in [0.25, 0.3) is 0 Å². The van der Waals surface area contributed by atoms with Gasteiger partial charge in [-0.2, -0.15) is 0 Å². The van der Waals surface area contributed by atoms with Crippen molar-refractivity contribution in [3.63, 3.8) is 0 Å². The zero-order valence-corrected chi connectivity index (χ0v) is 9.22. The molecule has 0 bridgehead atoms. The van der Waals surface area contributed by atoms with Gasteiger partial charge in [0.05, 0.1) is 0 Å². The van der Waals surface area contributed by atoms with Crippen LogP contribution < -0.4 is 10.6 Å². The summed E-state index contributed by atoms with van der Waals surface area (Å²) in [5.41, 5.74) is 5.48. The Labute approximate surface area is 89.9 Å². The van der Waals surface area contributed by atoms with Gasteiger partial charge in [0.1, 0.15) is 5.82 Å². The van der Waals surface area contributed by atoms with Crippen molar-refractivity contribution in [1.82, 2.24) is 15.1 Å². The third kappa shape index (κ3) is 2.36. The molecule has 1 aliphatic heterocycles. The molecule has 1 aliphatic rings. The van der Waals surface area contributed by atoms with Crippen molar-refractivity contribution in [2.75, 3.05) is 44.4 Å². The third-order valence-electron chi connectivity index (χ3n) is 2.58. The van der Waals surface area contributed by atoms with Gasteiger partial charge in [-0.15, -0.1) is 10.2 Å². The fraction of sp³-hybridized carbons (Fsp3) is 0.600. The zero-order valence-electron chi connectivity index (χ0n) is 9.22. The van der Waals surface area contributed by atoms with Gasteiger partial charge >= 0.3 is 0 Å². The summed E-state index contributed by atoms with van der Waals surface area (Å²) in [5, 5.41) is 7.89. The van der Waals surface area contributed by atoms with Gasteiger partial charge in [-0.05, 0) is 26.2 Å². The minimum atomic E-state index is 0.476. The Morgan fingerprint density at radius 1 is 1.40 bits per heavy atom. The van der Waals surface area contributed by atoms with Gasteiger partial charge < -0.3 is 15.5 Å². The maximum Gasteiger partial charge on any atom is 0.151 e. The van der Waals surface area contributed by atoms with Crippen LogP contribution in [0.2, 0.25) is 0 Å². The lowest BCUT2D eigenvalue weighted by Gasteiger charge is -2.41. The number of aromatic nitrogens is 2. The summed E-state index contributed by atoms with van der Waals surface area (Å²) < 4.78 is 0. The summed E-state index contributed by atoms with van der Waals surface area (Å²) in [6.07, 6.45) is 0. The van der Waals surface area contributed by atoms with Crippen molar-refractivity contribution < 1.29 is 0 Å². The second kappa shape index (κ2) is 4.02. The molecule has 0 radical (unpaired) electrons. The second-order valence-corrected chi connectivity index (χ2v) is 4.35. The van der Waals surface area contributed by atoms with Crippen molar-refractivity contribution in [3.05, 3.63) is 12.1 Å². The molecule has 1 aromatic heterocycles. The van der Waals surface area contributed by atoms with E-state index in [0.717, 1.165) is 31.4 Å². The topological polar surface area (TPSA) is 58.3 Å². The number of hydrogen-bond donors (Lipinski definition) is 1. The van der Waals surface area contributed by atoms with E-state index in [0.29, 0.717) is 5.82 Å². The number of nitrogen functional groups attached to an aromatic ring is 1. The van der Waals surface area contributed by atoms with E-state index in [2.05, 4.69) is 34.1 Å². The summed E-state index contributed by atoms with van der Waals surface area (Å²) in [6, 6.07) is 3.72. The van der Waals surface area contributed by atoms with Crippen LogP contribution in [0.5, 0.6) is 0 Å². The first-order valence-corrected chi connectivity index (χ1v) is 5.14. The van der Waals surface area contributed by atoms with Crippen LogP contribution in [-0.2, 0) is 0 Å². The average molecular weight is 207 g/mol. The number of nitrogens with zero attached hydrogens (tertiary/aromatic N) is 4. The van der Waals surface area contributed by atoms with Crippen LogP contribution in [-0.4, -0.2) is 48.8 Å². The van der Waals surface area contributed by atoms with Gasteiger partial charge in [-0.3, -0.25) is 0 Å². The van der Waals surface area contributed by atoms with E-state index in [-0.39, 0.29) is 0 Å². The molecule has 2 N–H and O–H groups in total. The van der Waals surface area contributed by atoms with Crippen molar-refractivity contribution in [3.8, 4) is 0 Å². The second-order valence-electron chi connectivity index (χ2n) is 4.35. The SMILES string of the molecule is CN(C)CC1CN(c2ccc(N)nn2)C1. The highest BCUT2D eigenvalue weighted by Gasteiger charge is 2.27. The van der Waals surface area contributed by atoms with Gasteiger partial charge in [0.2, 0.25) is 0 Å². The number of anilines is 2. The summed E-state index contributed by atoms with van der Waals surface area (Å²) in [5.74, 6) is 2.16. The Bertz CT molecular complexity index is 315. The van der Waals surface area contributed by atoms with Crippen molar-refractivity contribution in [2.24, 2.45) is 5.92 Å². The Morgan fingerprint density at radius 3 is 2.67 bits per heavy atom. The smallest absolute Gasteiger partial charge is 0.151 e. The molecule has 1 aromatic rings. The zero-order chi connectivity index (χ0) is 10.8. The lowest BCUT2D eigenvalue weighted by atomic mass is 10.00. The quantitative estimate of drug-likeness (QED) is 0.759. The molecule has 2 rings (SSSR count). The molecule has 0 atom stereocenters. The highest BCUT2D eigenvalue weighted by molar-refractivity contribution is 5.43. The lowest BCUT2D eigenvalue weighted by Crippen LogP contribution is -2.51. The predicted octanol–water partition coefficient (Wildman–Crippen LogP) is 0.0566. The first-order chi connectivity index (χ1) is 7.15. The van der Waals surface area contributed by atoms with Crippen LogP contribution in [0.4, 0.5) is 11.6 Å². The summed E-state index contributed by atoms with van der Waals surface area (Å²) in [6.45, 7) is 3.27. The van der Waals surface area contributed by atoms with Gasteiger partial charge in [0, 0.05) is 25.6 Å². The molecule has 0 aliphatic carbocycles. The maximum absolute atomic E-state index is 5.48. The van der Waals surface area contributed by atoms with E-state index in [4.69, 9.17) is 5.73 Å². The predicted molar refractivity (Wildman–Crippen MR) is 60.7 cm³/mol. The van der Waals surface area contributed by atoms with E-state index in [1.807, 2.05) is 6.07 Å². The van der Waals surface area contributed by atoms with Crippen LogP contribution in [0.25, 0.3) is 0 Å². The van der Waals surface area contributed by atoms with Crippen LogP contribution in [0.3, 0.4) is 0 Å². The Balaban J connectivity index is 1.86. The van der Waals surface area contributed by atoms with E-state index in [1.165, 1.54) is 0 Å². The minimum Gasteiger partial charge on any atom is -0.382 e. The monoisotopic (exact) mass is 207 g/mol. The molecule has 2 heterocycles. The number of hydrogen-bond acceptors (Lipinski definition) is 5. The van der Waals surface area contributed by atoms with Crippen LogP contribution in [0.15, 0.2) is 12.1 Å². The number of rotatable bonds is 3. The summed E-state index contributed by atoms with van der Waals surface area (Å²) >= 11 is 0. The molecule has 0 aromatic carbocycles. The summed E-state index contributed by atoms with van der Waals surface area (Å²) in [7, 11) is 4.21. The van der Waals surface area contributed by atoms with E-state index >= 15 is 0 Å². The van der Waals surface area contributed by atoms with Crippen molar-refractivity contribution >= 4 is 11.6 Å². The third-order valence-corrected chi connectivity index (χ3v) is 2.58. The molecule has 1 fully saturated rings. The molecule has 5 nitrogen and oxygen atoms in total. The van der Waals surface area contributed by atoms with Crippen molar-refractivity contribution in [2.45, 2.75) is 0 Å². The van der Waals surface area contributed by atoms with Crippen LogP contribution >= 0.6 is 0 Å². The Kier molecular flexibility index (Phi) is 2.73. The van der Waals surface area contributed by atoms with Crippen molar-refractivity contribution in [1.29, 1.82) is 0 Å². The standard InChI is InChI=1S/C10H17N5/c1-14(2)5-8-6-15(7-8)10-4-3-9(11)12-13-10/h3-4,8H,5-7H2,1-2H3,(H2,11,12). The van der Waals surface area contributed by atoms with Gasteiger partial charge in [-0.1, -0.05) is 0 Å². The molecular formula is C10H17N5. The highest BCUT2D eigenvalue weighted by Crippen LogP contribution is 2.22. The lowest BCUT2D eigenvalue weighted by molar-refractivity contribution is 0.282. The normalized spacial score (nSPS) is 16.9. The van der Waals surface area contributed by atoms with Crippen LogP contribution in [0, 0.1) is 5.92 Å². The first kappa shape index (κ1) is 10.2. The fourth-order valence-electron chi connectivity index (χ4n) is 1.89. The number of nitrogens with two attached hydrogens (primary N) is 1. The molecule has 0 amide bonds. The maximum atomic E-state index is 5.48. The fourth-order valence-corrected chi connectivity index (χ4v) is 1.89. The molecule has 82 valence electrons. The van der Waals surface area contributed by atoms with E-state index in [1.54, 1.807) is 6.07 Å². The molecule has 15 heavy (non-hydrogen) atoms. The van der Waals surface area contributed by atoms with Gasteiger partial charge in [-0.25, -0.2) is 0 Å². The van der Waals surface area contributed by atoms with E-state index in [9.17, 15) is 0 Å². The highest BCUT2D eigenvalue weighted by atomic mass is 15.3. The summed E-state index contributed by atoms with van der Waals surface area (Å²) in [4.78, 5) is 4.44. The average Bonchev–Trinajstić information content (AvgIpc) is 2.12. The molecule has 1 saturated heterocycles. The Morgan fingerprint density at radius 2 is 2.13 bits per heavy atom. The minimum absolute atomic E-state index is 0.476. The van der Waals surface area contributed by atoms with Crippen LogP contribution in [0.1, 0.15) is 0 Å². The molecule has 5 heteroatoms. The van der Waals surface area contributed by atoms with Gasteiger partial charge in [0.15, 0.2) is 5.82 Å². The molecule has 0 unspecified atom stereocenters.